The SMILES string of the molecule is C=CCc1ccc2c(OCC)c3ccccc3c(OCC)c2c1. The lowest BCUT2D eigenvalue weighted by molar-refractivity contribution is 0.342. The van der Waals surface area contributed by atoms with Gasteiger partial charge in [-0.3, -0.25) is 0 Å². The van der Waals surface area contributed by atoms with Crippen molar-refractivity contribution in [3.05, 3.63) is 60.7 Å². The van der Waals surface area contributed by atoms with Crippen molar-refractivity contribution in [2.75, 3.05) is 13.2 Å². The summed E-state index contributed by atoms with van der Waals surface area (Å²) in [6, 6.07) is 14.7. The molecule has 23 heavy (non-hydrogen) atoms. The van der Waals surface area contributed by atoms with E-state index >= 15 is 0 Å². The van der Waals surface area contributed by atoms with Crippen LogP contribution < -0.4 is 9.47 Å². The van der Waals surface area contributed by atoms with E-state index in [1.807, 2.05) is 32.1 Å². The molecule has 0 heterocycles. The van der Waals surface area contributed by atoms with Crippen LogP contribution in [-0.4, -0.2) is 13.2 Å². The lowest BCUT2D eigenvalue weighted by Gasteiger charge is -2.17. The monoisotopic (exact) mass is 306 g/mol. The van der Waals surface area contributed by atoms with E-state index in [4.69, 9.17) is 9.47 Å². The predicted molar refractivity (Wildman–Crippen MR) is 97.7 cm³/mol. The Kier molecular flexibility index (Phi) is 4.52. The van der Waals surface area contributed by atoms with E-state index in [-0.39, 0.29) is 0 Å². The fourth-order valence-electron chi connectivity index (χ4n) is 3.04. The van der Waals surface area contributed by atoms with Crippen LogP contribution >= 0.6 is 0 Å². The minimum Gasteiger partial charge on any atom is -0.493 e. The lowest BCUT2D eigenvalue weighted by Crippen LogP contribution is -1.99. The highest BCUT2D eigenvalue weighted by atomic mass is 16.5. The van der Waals surface area contributed by atoms with Gasteiger partial charge in [0.05, 0.1) is 13.2 Å². The topological polar surface area (TPSA) is 18.5 Å². The molecule has 0 amide bonds. The number of hydrogen-bond acceptors (Lipinski definition) is 2. The van der Waals surface area contributed by atoms with Gasteiger partial charge in [0.25, 0.3) is 0 Å². The van der Waals surface area contributed by atoms with E-state index < -0.39 is 0 Å². The first-order valence-electron chi connectivity index (χ1n) is 8.14. The fourth-order valence-corrected chi connectivity index (χ4v) is 3.04. The Morgan fingerprint density at radius 1 is 0.826 bits per heavy atom. The van der Waals surface area contributed by atoms with E-state index in [2.05, 4.69) is 36.9 Å². The second kappa shape index (κ2) is 6.74. The predicted octanol–water partition coefficient (Wildman–Crippen LogP) is 5.52. The summed E-state index contributed by atoms with van der Waals surface area (Å²) in [6.07, 6.45) is 2.77. The van der Waals surface area contributed by atoms with Crippen LogP contribution in [0.1, 0.15) is 19.4 Å². The summed E-state index contributed by atoms with van der Waals surface area (Å²) < 4.78 is 12.0. The Morgan fingerprint density at radius 3 is 1.96 bits per heavy atom. The number of allylic oxidation sites excluding steroid dienone is 1. The van der Waals surface area contributed by atoms with Gasteiger partial charge < -0.3 is 9.47 Å². The Labute approximate surface area is 137 Å². The molecule has 2 nitrogen and oxygen atoms in total. The Bertz CT molecular complexity index is 849. The van der Waals surface area contributed by atoms with Gasteiger partial charge in [-0.25, -0.2) is 0 Å². The van der Waals surface area contributed by atoms with Crippen LogP contribution in [0.15, 0.2) is 55.1 Å². The molecular formula is C21H22O2. The second-order valence-corrected chi connectivity index (χ2v) is 5.44. The van der Waals surface area contributed by atoms with E-state index in [9.17, 15) is 0 Å². The molecule has 3 rings (SSSR count). The lowest BCUT2D eigenvalue weighted by atomic mass is 9.98. The van der Waals surface area contributed by atoms with Crippen molar-refractivity contribution in [2.24, 2.45) is 0 Å². The fraction of sp³-hybridized carbons (Fsp3) is 0.238. The molecule has 0 saturated heterocycles. The van der Waals surface area contributed by atoms with Crippen molar-refractivity contribution in [3.8, 4) is 11.5 Å². The summed E-state index contributed by atoms with van der Waals surface area (Å²) >= 11 is 0. The van der Waals surface area contributed by atoms with Crippen LogP contribution in [0.25, 0.3) is 21.5 Å². The number of fused-ring (bicyclic) bond motifs is 2. The average molecular weight is 306 g/mol. The molecule has 0 fully saturated rings. The first-order chi connectivity index (χ1) is 11.3. The van der Waals surface area contributed by atoms with Crippen LogP contribution in [-0.2, 0) is 6.42 Å². The average Bonchev–Trinajstić information content (AvgIpc) is 2.58. The van der Waals surface area contributed by atoms with E-state index in [0.717, 1.165) is 39.5 Å². The van der Waals surface area contributed by atoms with E-state index in [0.29, 0.717) is 13.2 Å². The number of benzene rings is 3. The second-order valence-electron chi connectivity index (χ2n) is 5.44. The third-order valence-corrected chi connectivity index (χ3v) is 3.95. The van der Waals surface area contributed by atoms with Crippen LogP contribution in [0.5, 0.6) is 11.5 Å². The van der Waals surface area contributed by atoms with Gasteiger partial charge in [-0.2, -0.15) is 0 Å². The number of ether oxygens (including phenoxy) is 2. The molecule has 0 radical (unpaired) electrons. The van der Waals surface area contributed by atoms with Gasteiger partial charge in [0.2, 0.25) is 0 Å². The van der Waals surface area contributed by atoms with Crippen molar-refractivity contribution in [1.82, 2.24) is 0 Å². The molecule has 0 aliphatic heterocycles. The van der Waals surface area contributed by atoms with E-state index in [1.54, 1.807) is 0 Å². The molecule has 3 aromatic rings. The van der Waals surface area contributed by atoms with Crippen molar-refractivity contribution in [1.29, 1.82) is 0 Å². The molecule has 0 saturated carbocycles. The summed E-state index contributed by atoms with van der Waals surface area (Å²) in [5, 5.41) is 4.40. The summed E-state index contributed by atoms with van der Waals surface area (Å²) in [5.41, 5.74) is 1.23. The van der Waals surface area contributed by atoms with E-state index in [1.165, 1.54) is 5.56 Å². The highest BCUT2D eigenvalue weighted by molar-refractivity contribution is 6.11. The highest BCUT2D eigenvalue weighted by Crippen LogP contribution is 2.43. The summed E-state index contributed by atoms with van der Waals surface area (Å²) in [4.78, 5) is 0. The molecule has 0 aliphatic rings. The molecule has 0 N–H and O–H groups in total. The zero-order valence-corrected chi connectivity index (χ0v) is 13.8. The first-order valence-corrected chi connectivity index (χ1v) is 8.14. The third-order valence-electron chi connectivity index (χ3n) is 3.95. The van der Waals surface area contributed by atoms with Crippen molar-refractivity contribution in [3.63, 3.8) is 0 Å². The van der Waals surface area contributed by atoms with Gasteiger partial charge in [0.15, 0.2) is 0 Å². The maximum atomic E-state index is 6.02. The third kappa shape index (κ3) is 2.77. The molecule has 0 bridgehead atoms. The maximum absolute atomic E-state index is 6.02. The quantitative estimate of drug-likeness (QED) is 0.441. The van der Waals surface area contributed by atoms with Crippen LogP contribution in [0.4, 0.5) is 0 Å². The Hall–Kier alpha value is -2.48. The molecule has 3 aromatic carbocycles. The van der Waals surface area contributed by atoms with Gasteiger partial charge in [-0.15, -0.1) is 6.58 Å². The summed E-state index contributed by atoms with van der Waals surface area (Å²) in [6.45, 7) is 9.15. The minimum atomic E-state index is 0.638. The summed E-state index contributed by atoms with van der Waals surface area (Å²) in [7, 11) is 0. The van der Waals surface area contributed by atoms with Gasteiger partial charge in [0, 0.05) is 21.5 Å². The van der Waals surface area contributed by atoms with Gasteiger partial charge in [-0.05, 0) is 31.9 Å². The van der Waals surface area contributed by atoms with Gasteiger partial charge >= 0.3 is 0 Å². The van der Waals surface area contributed by atoms with Crippen molar-refractivity contribution in [2.45, 2.75) is 20.3 Å². The maximum Gasteiger partial charge on any atom is 0.135 e. The van der Waals surface area contributed by atoms with Crippen LogP contribution in [0.3, 0.4) is 0 Å². The summed E-state index contributed by atoms with van der Waals surface area (Å²) in [5.74, 6) is 1.87. The highest BCUT2D eigenvalue weighted by Gasteiger charge is 2.15. The standard InChI is InChI=1S/C21H22O2/c1-4-9-15-12-13-18-19(14-15)21(23-6-3)17-11-8-7-10-16(17)20(18)22-5-2/h4,7-8,10-14H,1,5-6,9H2,2-3H3. The molecule has 0 aliphatic carbocycles. The Balaban J connectivity index is 2.42. The van der Waals surface area contributed by atoms with Crippen LogP contribution in [0, 0.1) is 0 Å². The minimum absolute atomic E-state index is 0.638. The van der Waals surface area contributed by atoms with Crippen LogP contribution in [0.2, 0.25) is 0 Å². The zero-order chi connectivity index (χ0) is 16.2. The molecular weight excluding hydrogens is 284 g/mol. The normalized spacial score (nSPS) is 10.9. The molecule has 0 unspecified atom stereocenters. The molecule has 2 heteroatoms. The van der Waals surface area contributed by atoms with Crippen molar-refractivity contribution >= 4 is 21.5 Å². The smallest absolute Gasteiger partial charge is 0.135 e. The first kappa shape index (κ1) is 15.4. The number of rotatable bonds is 6. The zero-order valence-electron chi connectivity index (χ0n) is 13.8. The van der Waals surface area contributed by atoms with Gasteiger partial charge in [-0.1, -0.05) is 42.5 Å². The molecule has 118 valence electrons. The van der Waals surface area contributed by atoms with Gasteiger partial charge in [0.1, 0.15) is 11.5 Å². The molecule has 0 atom stereocenters. The van der Waals surface area contributed by atoms with Crippen molar-refractivity contribution < 1.29 is 9.47 Å². The molecule has 0 aromatic heterocycles. The largest absolute Gasteiger partial charge is 0.493 e. The Morgan fingerprint density at radius 2 is 1.39 bits per heavy atom. The molecule has 0 spiro atoms. The number of hydrogen-bond donors (Lipinski definition) is 0.